The molecule has 2 aliphatic heterocycles. The summed E-state index contributed by atoms with van der Waals surface area (Å²) >= 11 is 0. The SMILES string of the molecule is CCNC(=NCc1ccc(COC2CCOCC2)cc1)NCCN1CCCCC1. The lowest BCUT2D eigenvalue weighted by Gasteiger charge is -2.26. The highest BCUT2D eigenvalue weighted by atomic mass is 16.5. The van der Waals surface area contributed by atoms with Crippen LogP contribution in [0.2, 0.25) is 0 Å². The van der Waals surface area contributed by atoms with Crippen LogP contribution in [0.4, 0.5) is 0 Å². The van der Waals surface area contributed by atoms with E-state index in [1.807, 2.05) is 0 Å². The summed E-state index contributed by atoms with van der Waals surface area (Å²) in [5, 5.41) is 6.82. The van der Waals surface area contributed by atoms with Gasteiger partial charge in [-0.05, 0) is 56.8 Å². The van der Waals surface area contributed by atoms with E-state index >= 15 is 0 Å². The number of hydrogen-bond acceptors (Lipinski definition) is 4. The maximum atomic E-state index is 6.00. The number of hydrogen-bond donors (Lipinski definition) is 2. The molecule has 2 heterocycles. The molecule has 29 heavy (non-hydrogen) atoms. The molecule has 162 valence electrons. The Bertz CT molecular complexity index is 593. The number of rotatable bonds is 9. The Balaban J connectivity index is 1.40. The normalized spacial score (nSPS) is 19.3. The summed E-state index contributed by atoms with van der Waals surface area (Å²) in [6, 6.07) is 8.62. The highest BCUT2D eigenvalue weighted by Gasteiger charge is 2.14. The minimum atomic E-state index is 0.340. The van der Waals surface area contributed by atoms with Crippen molar-refractivity contribution in [2.75, 3.05) is 45.9 Å². The Morgan fingerprint density at radius 2 is 1.79 bits per heavy atom. The second kappa shape index (κ2) is 12.8. The lowest BCUT2D eigenvalue weighted by Crippen LogP contribution is -2.42. The van der Waals surface area contributed by atoms with Gasteiger partial charge in [0, 0.05) is 32.8 Å². The Kier molecular flexibility index (Phi) is 9.76. The van der Waals surface area contributed by atoms with Crippen molar-refractivity contribution < 1.29 is 9.47 Å². The Morgan fingerprint density at radius 1 is 1.07 bits per heavy atom. The Labute approximate surface area is 176 Å². The van der Waals surface area contributed by atoms with Crippen LogP contribution in [0.15, 0.2) is 29.3 Å². The quantitative estimate of drug-likeness (QED) is 0.491. The smallest absolute Gasteiger partial charge is 0.191 e. The summed E-state index contributed by atoms with van der Waals surface area (Å²) in [5.41, 5.74) is 2.43. The first-order valence-corrected chi connectivity index (χ1v) is 11.3. The molecule has 2 aliphatic rings. The van der Waals surface area contributed by atoms with Crippen molar-refractivity contribution in [3.8, 4) is 0 Å². The third-order valence-corrected chi connectivity index (χ3v) is 5.61. The van der Waals surface area contributed by atoms with Crippen LogP contribution in [0.3, 0.4) is 0 Å². The number of nitrogens with zero attached hydrogens (tertiary/aromatic N) is 2. The largest absolute Gasteiger partial charge is 0.381 e. The summed E-state index contributed by atoms with van der Waals surface area (Å²) in [5.74, 6) is 0.899. The van der Waals surface area contributed by atoms with Gasteiger partial charge in [-0.25, -0.2) is 4.99 Å². The standard InChI is InChI=1S/C23H38N4O2/c1-2-24-23(25-12-15-27-13-4-3-5-14-27)26-18-20-6-8-21(9-7-20)19-29-22-10-16-28-17-11-22/h6-9,22H,2-5,10-19H2,1H3,(H2,24,25,26). The molecule has 3 rings (SSSR count). The van der Waals surface area contributed by atoms with Gasteiger partial charge in [0.05, 0.1) is 19.3 Å². The molecule has 0 aliphatic carbocycles. The van der Waals surface area contributed by atoms with Gasteiger partial charge in [0.1, 0.15) is 0 Å². The minimum absolute atomic E-state index is 0.340. The molecule has 2 N–H and O–H groups in total. The highest BCUT2D eigenvalue weighted by Crippen LogP contribution is 2.14. The van der Waals surface area contributed by atoms with Crippen molar-refractivity contribution >= 4 is 5.96 Å². The van der Waals surface area contributed by atoms with Crippen LogP contribution >= 0.6 is 0 Å². The zero-order chi connectivity index (χ0) is 20.2. The average molecular weight is 403 g/mol. The fraction of sp³-hybridized carbons (Fsp3) is 0.696. The summed E-state index contributed by atoms with van der Waals surface area (Å²) in [6.45, 7) is 10.5. The fourth-order valence-electron chi connectivity index (χ4n) is 3.83. The molecule has 0 radical (unpaired) electrons. The van der Waals surface area contributed by atoms with E-state index < -0.39 is 0 Å². The lowest BCUT2D eigenvalue weighted by molar-refractivity contribution is -0.0390. The van der Waals surface area contributed by atoms with Gasteiger partial charge in [-0.2, -0.15) is 0 Å². The van der Waals surface area contributed by atoms with E-state index in [1.54, 1.807) is 0 Å². The molecule has 6 nitrogen and oxygen atoms in total. The van der Waals surface area contributed by atoms with Gasteiger partial charge >= 0.3 is 0 Å². The van der Waals surface area contributed by atoms with E-state index in [4.69, 9.17) is 14.5 Å². The van der Waals surface area contributed by atoms with Crippen molar-refractivity contribution in [1.29, 1.82) is 0 Å². The summed E-state index contributed by atoms with van der Waals surface area (Å²) in [7, 11) is 0. The first-order chi connectivity index (χ1) is 14.3. The molecule has 0 spiro atoms. The van der Waals surface area contributed by atoms with Crippen LogP contribution < -0.4 is 10.6 Å². The van der Waals surface area contributed by atoms with Gasteiger partial charge in [-0.15, -0.1) is 0 Å². The molecule has 0 amide bonds. The first kappa shape index (κ1) is 22.1. The Morgan fingerprint density at radius 3 is 2.52 bits per heavy atom. The number of ether oxygens (including phenoxy) is 2. The van der Waals surface area contributed by atoms with Crippen LogP contribution in [0.1, 0.15) is 50.2 Å². The average Bonchev–Trinajstić information content (AvgIpc) is 2.78. The second-order valence-corrected chi connectivity index (χ2v) is 7.96. The van der Waals surface area contributed by atoms with Crippen LogP contribution in [0.5, 0.6) is 0 Å². The number of guanidine groups is 1. The van der Waals surface area contributed by atoms with Crippen molar-refractivity contribution in [2.24, 2.45) is 4.99 Å². The predicted molar refractivity (Wildman–Crippen MR) is 118 cm³/mol. The molecular weight excluding hydrogens is 364 g/mol. The van der Waals surface area contributed by atoms with Crippen molar-refractivity contribution in [2.45, 2.75) is 58.3 Å². The summed E-state index contributed by atoms with van der Waals surface area (Å²) < 4.78 is 11.4. The maximum absolute atomic E-state index is 6.00. The summed E-state index contributed by atoms with van der Waals surface area (Å²) in [6.07, 6.45) is 6.41. The number of likely N-dealkylation sites (tertiary alicyclic amines) is 1. The highest BCUT2D eigenvalue weighted by molar-refractivity contribution is 5.79. The van der Waals surface area contributed by atoms with Crippen molar-refractivity contribution in [3.63, 3.8) is 0 Å². The number of aliphatic imine (C=N–C) groups is 1. The van der Waals surface area contributed by atoms with Gasteiger partial charge in [0.2, 0.25) is 0 Å². The second-order valence-electron chi connectivity index (χ2n) is 7.96. The van der Waals surface area contributed by atoms with E-state index in [0.29, 0.717) is 19.3 Å². The van der Waals surface area contributed by atoms with Crippen LogP contribution in [0.25, 0.3) is 0 Å². The molecule has 1 aromatic rings. The van der Waals surface area contributed by atoms with Gasteiger partial charge in [0.15, 0.2) is 5.96 Å². The fourth-order valence-corrected chi connectivity index (χ4v) is 3.83. The number of benzene rings is 1. The van der Waals surface area contributed by atoms with Crippen molar-refractivity contribution in [3.05, 3.63) is 35.4 Å². The molecule has 2 saturated heterocycles. The molecule has 2 fully saturated rings. The van der Waals surface area contributed by atoms with Crippen molar-refractivity contribution in [1.82, 2.24) is 15.5 Å². The third kappa shape index (κ3) is 8.33. The molecule has 0 unspecified atom stereocenters. The minimum Gasteiger partial charge on any atom is -0.381 e. The van der Waals surface area contributed by atoms with Gasteiger partial charge in [0.25, 0.3) is 0 Å². The molecule has 0 saturated carbocycles. The first-order valence-electron chi connectivity index (χ1n) is 11.3. The van der Waals surface area contributed by atoms with E-state index in [2.05, 4.69) is 46.7 Å². The zero-order valence-electron chi connectivity index (χ0n) is 18.0. The van der Waals surface area contributed by atoms with Crippen LogP contribution in [-0.2, 0) is 22.6 Å². The molecular formula is C23H38N4O2. The molecule has 0 aromatic heterocycles. The van der Waals surface area contributed by atoms with E-state index in [9.17, 15) is 0 Å². The predicted octanol–water partition coefficient (Wildman–Crippen LogP) is 2.92. The maximum Gasteiger partial charge on any atom is 0.191 e. The van der Waals surface area contributed by atoms with Gasteiger partial charge in [-0.1, -0.05) is 30.7 Å². The van der Waals surface area contributed by atoms with Crippen LogP contribution in [0, 0.1) is 0 Å². The number of piperidine rings is 1. The molecule has 6 heteroatoms. The van der Waals surface area contributed by atoms with E-state index in [0.717, 1.165) is 51.6 Å². The van der Waals surface area contributed by atoms with E-state index in [1.165, 1.54) is 43.5 Å². The molecule has 1 aromatic carbocycles. The number of nitrogens with one attached hydrogen (secondary N) is 2. The Hall–Kier alpha value is -1.63. The topological polar surface area (TPSA) is 58.1 Å². The molecule has 0 bridgehead atoms. The van der Waals surface area contributed by atoms with Gasteiger partial charge in [-0.3, -0.25) is 0 Å². The van der Waals surface area contributed by atoms with E-state index in [-0.39, 0.29) is 0 Å². The zero-order valence-corrected chi connectivity index (χ0v) is 18.0. The third-order valence-electron chi connectivity index (χ3n) is 5.61. The van der Waals surface area contributed by atoms with Gasteiger partial charge < -0.3 is 25.0 Å². The van der Waals surface area contributed by atoms with Crippen LogP contribution in [-0.4, -0.2) is 62.9 Å². The lowest BCUT2D eigenvalue weighted by atomic mass is 10.1. The monoisotopic (exact) mass is 402 g/mol. The summed E-state index contributed by atoms with van der Waals surface area (Å²) in [4.78, 5) is 7.29. The molecule has 0 atom stereocenters.